The molecule has 172 valence electrons. The maximum Gasteiger partial charge on any atom is 0.321 e. The Balaban J connectivity index is 1.45. The maximum absolute atomic E-state index is 12.9. The van der Waals surface area contributed by atoms with E-state index in [1.807, 2.05) is 35.2 Å². The van der Waals surface area contributed by atoms with Gasteiger partial charge in [-0.1, -0.05) is 43.2 Å². The van der Waals surface area contributed by atoms with E-state index < -0.39 is 28.2 Å². The molecule has 1 aromatic carbocycles. The number of benzene rings is 1. The molecule has 0 saturated carbocycles. The Morgan fingerprint density at radius 1 is 0.903 bits per heavy atom. The van der Waals surface area contributed by atoms with Crippen LogP contribution in [0.2, 0.25) is 0 Å². The summed E-state index contributed by atoms with van der Waals surface area (Å²) in [6.45, 7) is 4.83. The van der Waals surface area contributed by atoms with Crippen LogP contribution >= 0.6 is 0 Å². The van der Waals surface area contributed by atoms with Gasteiger partial charge in [-0.25, -0.2) is 4.79 Å². The van der Waals surface area contributed by atoms with E-state index in [1.165, 1.54) is 4.31 Å². The number of amides is 3. The fourth-order valence-corrected chi connectivity index (χ4v) is 5.63. The number of urea groups is 1. The maximum atomic E-state index is 12.9. The third kappa shape index (κ3) is 6.49. The summed E-state index contributed by atoms with van der Waals surface area (Å²) in [6.07, 6.45) is 3.96. The van der Waals surface area contributed by atoms with E-state index in [0.29, 0.717) is 45.8 Å². The molecular weight excluding hydrogens is 418 g/mol. The fraction of sp³-hybridized carbons (Fsp3) is 0.619. The molecule has 1 atom stereocenters. The van der Waals surface area contributed by atoms with Crippen molar-refractivity contribution in [2.75, 3.05) is 39.3 Å². The Bertz CT molecular complexity index is 833. The summed E-state index contributed by atoms with van der Waals surface area (Å²) < 4.78 is 29.0. The lowest BCUT2D eigenvalue weighted by atomic mass is 10.2. The van der Waals surface area contributed by atoms with E-state index >= 15 is 0 Å². The van der Waals surface area contributed by atoms with Gasteiger partial charge >= 0.3 is 6.03 Å². The van der Waals surface area contributed by atoms with Crippen LogP contribution in [-0.2, 0) is 21.5 Å². The van der Waals surface area contributed by atoms with E-state index in [1.54, 1.807) is 11.2 Å². The highest BCUT2D eigenvalue weighted by Crippen LogP contribution is 2.18. The molecule has 0 bridgehead atoms. The zero-order valence-electron chi connectivity index (χ0n) is 18.1. The molecule has 2 aliphatic heterocycles. The Hall–Kier alpha value is -2.01. The van der Waals surface area contributed by atoms with Gasteiger partial charge in [-0.2, -0.15) is 17.0 Å². The predicted octanol–water partition coefficient (Wildman–Crippen LogP) is 1.14. The van der Waals surface area contributed by atoms with Gasteiger partial charge in [-0.15, -0.1) is 0 Å². The zero-order valence-corrected chi connectivity index (χ0v) is 18.9. The number of imide groups is 1. The number of nitrogens with zero attached hydrogens (tertiary/aromatic N) is 3. The van der Waals surface area contributed by atoms with Crippen LogP contribution in [0.4, 0.5) is 4.79 Å². The van der Waals surface area contributed by atoms with Crippen molar-refractivity contribution in [3.8, 4) is 0 Å². The van der Waals surface area contributed by atoms with Crippen LogP contribution in [0.5, 0.6) is 0 Å². The van der Waals surface area contributed by atoms with Crippen LogP contribution in [0, 0.1) is 0 Å². The van der Waals surface area contributed by atoms with Crippen molar-refractivity contribution in [1.82, 2.24) is 24.1 Å². The predicted molar refractivity (Wildman–Crippen MR) is 118 cm³/mol. The average Bonchev–Trinajstić information content (AvgIpc) is 3.08. The lowest BCUT2D eigenvalue weighted by molar-refractivity contribution is -0.125. The number of piperazine rings is 1. The molecule has 31 heavy (non-hydrogen) atoms. The SMILES string of the molecule is CC(C(=O)NC(=O)NCc1ccccc1)N1CCN(S(=O)(=O)N2CCCCCC2)CC1. The summed E-state index contributed by atoms with van der Waals surface area (Å²) in [7, 11) is -3.46. The Morgan fingerprint density at radius 3 is 2.10 bits per heavy atom. The number of rotatable bonds is 6. The van der Waals surface area contributed by atoms with Crippen molar-refractivity contribution in [3.05, 3.63) is 35.9 Å². The first-order valence-electron chi connectivity index (χ1n) is 11.0. The molecule has 0 radical (unpaired) electrons. The molecule has 3 rings (SSSR count). The molecule has 2 saturated heterocycles. The molecule has 9 nitrogen and oxygen atoms in total. The van der Waals surface area contributed by atoms with Gasteiger partial charge in [0, 0.05) is 45.8 Å². The molecule has 2 heterocycles. The van der Waals surface area contributed by atoms with E-state index in [0.717, 1.165) is 31.2 Å². The summed E-state index contributed by atoms with van der Waals surface area (Å²) >= 11 is 0. The first-order valence-corrected chi connectivity index (χ1v) is 12.4. The molecule has 0 aromatic heterocycles. The van der Waals surface area contributed by atoms with Crippen molar-refractivity contribution in [2.24, 2.45) is 0 Å². The smallest absolute Gasteiger partial charge is 0.321 e. The third-order valence-corrected chi connectivity index (χ3v) is 7.99. The first-order chi connectivity index (χ1) is 14.9. The molecule has 0 aliphatic carbocycles. The molecule has 1 aromatic rings. The molecule has 10 heteroatoms. The summed E-state index contributed by atoms with van der Waals surface area (Å²) in [5.74, 6) is -0.394. The van der Waals surface area contributed by atoms with Gasteiger partial charge in [-0.3, -0.25) is 15.0 Å². The second kappa shape index (κ2) is 11.0. The van der Waals surface area contributed by atoms with Gasteiger partial charge < -0.3 is 5.32 Å². The van der Waals surface area contributed by atoms with Crippen LogP contribution in [0.3, 0.4) is 0 Å². The van der Waals surface area contributed by atoms with Crippen molar-refractivity contribution in [1.29, 1.82) is 0 Å². The fourth-order valence-electron chi connectivity index (χ4n) is 3.96. The Morgan fingerprint density at radius 2 is 1.48 bits per heavy atom. The summed E-state index contributed by atoms with van der Waals surface area (Å²) in [6, 6.07) is 8.39. The minimum atomic E-state index is -3.46. The van der Waals surface area contributed by atoms with Gasteiger partial charge in [-0.05, 0) is 25.3 Å². The highest BCUT2D eigenvalue weighted by molar-refractivity contribution is 7.86. The molecule has 1 unspecified atom stereocenters. The number of carbonyl (C=O) groups is 2. The van der Waals surface area contributed by atoms with E-state index in [9.17, 15) is 18.0 Å². The molecular formula is C21H33N5O4S. The topological polar surface area (TPSA) is 102 Å². The second-order valence-electron chi connectivity index (χ2n) is 8.09. The van der Waals surface area contributed by atoms with E-state index in [4.69, 9.17) is 0 Å². The standard InChI is InChI=1S/C21H33N5O4S/c1-18(20(27)23-21(28)22-17-19-9-5-4-6-10-19)24-13-15-26(16-14-24)31(29,30)25-11-7-2-3-8-12-25/h4-6,9-10,18H,2-3,7-8,11-17H2,1H3,(H2,22,23,27,28). The quantitative estimate of drug-likeness (QED) is 0.675. The van der Waals surface area contributed by atoms with Crippen LogP contribution in [-0.4, -0.2) is 79.2 Å². The van der Waals surface area contributed by atoms with Gasteiger partial charge in [0.25, 0.3) is 10.2 Å². The molecule has 0 spiro atoms. The number of nitrogens with one attached hydrogen (secondary N) is 2. The Labute approximate surface area is 184 Å². The summed E-state index contributed by atoms with van der Waals surface area (Å²) in [5.41, 5.74) is 0.944. The highest BCUT2D eigenvalue weighted by atomic mass is 32.2. The normalized spacial score (nSPS) is 20.5. The van der Waals surface area contributed by atoms with Gasteiger partial charge in [0.2, 0.25) is 5.91 Å². The van der Waals surface area contributed by atoms with Crippen molar-refractivity contribution in [2.45, 2.75) is 45.2 Å². The van der Waals surface area contributed by atoms with Gasteiger partial charge in [0.15, 0.2) is 0 Å². The zero-order chi connectivity index (χ0) is 22.3. The van der Waals surface area contributed by atoms with Crippen molar-refractivity contribution < 1.29 is 18.0 Å². The van der Waals surface area contributed by atoms with Crippen LogP contribution in [0.25, 0.3) is 0 Å². The molecule has 2 fully saturated rings. The number of hydrogen-bond donors (Lipinski definition) is 2. The second-order valence-corrected chi connectivity index (χ2v) is 10.0. The van der Waals surface area contributed by atoms with Gasteiger partial charge in [0.1, 0.15) is 0 Å². The van der Waals surface area contributed by atoms with E-state index in [2.05, 4.69) is 10.6 Å². The largest absolute Gasteiger partial charge is 0.334 e. The minimum Gasteiger partial charge on any atom is -0.334 e. The van der Waals surface area contributed by atoms with Gasteiger partial charge in [0.05, 0.1) is 6.04 Å². The third-order valence-electron chi connectivity index (χ3n) is 5.95. The van der Waals surface area contributed by atoms with Crippen molar-refractivity contribution in [3.63, 3.8) is 0 Å². The van der Waals surface area contributed by atoms with Crippen LogP contribution in [0.1, 0.15) is 38.2 Å². The van der Waals surface area contributed by atoms with E-state index in [-0.39, 0.29) is 0 Å². The lowest BCUT2D eigenvalue weighted by Gasteiger charge is -2.38. The number of hydrogen-bond acceptors (Lipinski definition) is 5. The van der Waals surface area contributed by atoms with Crippen LogP contribution in [0.15, 0.2) is 30.3 Å². The summed E-state index contributed by atoms with van der Waals surface area (Å²) in [4.78, 5) is 26.4. The summed E-state index contributed by atoms with van der Waals surface area (Å²) in [5, 5.41) is 5.05. The monoisotopic (exact) mass is 451 g/mol. The molecule has 2 N–H and O–H groups in total. The number of carbonyl (C=O) groups excluding carboxylic acids is 2. The molecule has 3 amide bonds. The lowest BCUT2D eigenvalue weighted by Crippen LogP contribution is -2.57. The van der Waals surface area contributed by atoms with Crippen LogP contribution < -0.4 is 10.6 Å². The Kier molecular flexibility index (Phi) is 8.42. The first kappa shape index (κ1) is 23.6. The average molecular weight is 452 g/mol. The molecule has 2 aliphatic rings. The highest BCUT2D eigenvalue weighted by Gasteiger charge is 2.34. The van der Waals surface area contributed by atoms with Crippen molar-refractivity contribution >= 4 is 22.1 Å². The minimum absolute atomic E-state index is 0.335.